The summed E-state index contributed by atoms with van der Waals surface area (Å²) in [7, 11) is 1.86. The number of ether oxygens (including phenoxy) is 1. The minimum absolute atomic E-state index is 0.0953. The lowest BCUT2D eigenvalue weighted by atomic mass is 10.1. The Morgan fingerprint density at radius 2 is 1.85 bits per heavy atom. The Kier molecular flexibility index (Phi) is 6.33. The molecule has 0 spiro atoms. The number of nitrogens with zero attached hydrogens (tertiary/aromatic N) is 3. The SMILES string of the molecule is CCOCCCNC(=O)c1cc(-c2cnc(-c3ccccc3)nc2)cn1C. The van der Waals surface area contributed by atoms with E-state index in [0.717, 1.165) is 23.1 Å². The summed E-state index contributed by atoms with van der Waals surface area (Å²) in [5.41, 5.74) is 3.37. The first-order chi connectivity index (χ1) is 13.2. The van der Waals surface area contributed by atoms with Crippen molar-refractivity contribution in [3.05, 3.63) is 60.7 Å². The van der Waals surface area contributed by atoms with Gasteiger partial charge in [-0.1, -0.05) is 30.3 Å². The monoisotopic (exact) mass is 364 g/mol. The zero-order chi connectivity index (χ0) is 19.1. The van der Waals surface area contributed by atoms with E-state index in [2.05, 4.69) is 15.3 Å². The number of benzene rings is 1. The van der Waals surface area contributed by atoms with Crippen molar-refractivity contribution in [1.82, 2.24) is 19.9 Å². The van der Waals surface area contributed by atoms with E-state index in [0.29, 0.717) is 31.3 Å². The Morgan fingerprint density at radius 1 is 1.11 bits per heavy atom. The Bertz CT molecular complexity index is 873. The molecule has 1 N–H and O–H groups in total. The van der Waals surface area contributed by atoms with Gasteiger partial charge in [-0.15, -0.1) is 0 Å². The molecule has 0 radical (unpaired) electrons. The van der Waals surface area contributed by atoms with Gasteiger partial charge in [0.25, 0.3) is 5.91 Å². The molecule has 1 amide bonds. The van der Waals surface area contributed by atoms with Crippen LogP contribution in [0.15, 0.2) is 55.0 Å². The van der Waals surface area contributed by atoms with Crippen molar-refractivity contribution in [3.63, 3.8) is 0 Å². The topological polar surface area (TPSA) is 69.0 Å². The molecule has 0 bridgehead atoms. The summed E-state index contributed by atoms with van der Waals surface area (Å²) in [6, 6.07) is 11.7. The molecule has 140 valence electrons. The number of carbonyl (C=O) groups excluding carboxylic acids is 1. The van der Waals surface area contributed by atoms with Crippen molar-refractivity contribution in [2.45, 2.75) is 13.3 Å². The van der Waals surface area contributed by atoms with Gasteiger partial charge in [-0.05, 0) is 19.4 Å². The zero-order valence-corrected chi connectivity index (χ0v) is 15.7. The van der Waals surface area contributed by atoms with Crippen LogP contribution in [0.1, 0.15) is 23.8 Å². The minimum atomic E-state index is -0.0953. The van der Waals surface area contributed by atoms with Gasteiger partial charge in [0.05, 0.1) is 0 Å². The molecule has 3 aromatic rings. The molecule has 2 aromatic heterocycles. The average molecular weight is 364 g/mol. The van der Waals surface area contributed by atoms with Crippen molar-refractivity contribution < 1.29 is 9.53 Å². The molecule has 0 aliphatic rings. The maximum Gasteiger partial charge on any atom is 0.267 e. The van der Waals surface area contributed by atoms with Crippen molar-refractivity contribution in [1.29, 1.82) is 0 Å². The van der Waals surface area contributed by atoms with Crippen molar-refractivity contribution in [3.8, 4) is 22.5 Å². The van der Waals surface area contributed by atoms with E-state index in [1.807, 2.05) is 61.1 Å². The second kappa shape index (κ2) is 9.09. The van der Waals surface area contributed by atoms with Gasteiger partial charge in [0.1, 0.15) is 5.69 Å². The van der Waals surface area contributed by atoms with Gasteiger partial charge >= 0.3 is 0 Å². The van der Waals surface area contributed by atoms with E-state index < -0.39 is 0 Å². The fourth-order valence-corrected chi connectivity index (χ4v) is 2.77. The standard InChI is InChI=1S/C21H24N4O2/c1-3-27-11-7-10-22-21(26)19-12-17(15-25(19)2)18-13-23-20(24-14-18)16-8-5-4-6-9-16/h4-6,8-9,12-15H,3,7,10-11H2,1-2H3,(H,22,26). The summed E-state index contributed by atoms with van der Waals surface area (Å²) in [6.45, 7) is 3.90. The Hall–Kier alpha value is -2.99. The van der Waals surface area contributed by atoms with Crippen LogP contribution >= 0.6 is 0 Å². The van der Waals surface area contributed by atoms with Gasteiger partial charge in [-0.25, -0.2) is 9.97 Å². The van der Waals surface area contributed by atoms with E-state index in [9.17, 15) is 4.79 Å². The molecular weight excluding hydrogens is 340 g/mol. The Morgan fingerprint density at radius 3 is 2.56 bits per heavy atom. The number of carbonyl (C=O) groups is 1. The smallest absolute Gasteiger partial charge is 0.267 e. The predicted molar refractivity (Wildman–Crippen MR) is 105 cm³/mol. The molecule has 6 nitrogen and oxygen atoms in total. The fourth-order valence-electron chi connectivity index (χ4n) is 2.77. The van der Waals surface area contributed by atoms with Crippen LogP contribution < -0.4 is 5.32 Å². The highest BCUT2D eigenvalue weighted by Gasteiger charge is 2.13. The number of nitrogens with one attached hydrogen (secondary N) is 1. The second-order valence-electron chi connectivity index (χ2n) is 6.19. The van der Waals surface area contributed by atoms with Crippen molar-refractivity contribution >= 4 is 5.91 Å². The molecular formula is C21H24N4O2. The highest BCUT2D eigenvalue weighted by molar-refractivity contribution is 5.94. The quantitative estimate of drug-likeness (QED) is 0.623. The van der Waals surface area contributed by atoms with E-state index in [1.165, 1.54) is 0 Å². The first-order valence-corrected chi connectivity index (χ1v) is 9.09. The Labute approximate surface area is 159 Å². The lowest BCUT2D eigenvalue weighted by molar-refractivity contribution is 0.0936. The molecule has 0 unspecified atom stereocenters. The molecule has 6 heteroatoms. The van der Waals surface area contributed by atoms with Crippen LogP contribution in [0, 0.1) is 0 Å². The normalized spacial score (nSPS) is 10.7. The lowest BCUT2D eigenvalue weighted by Crippen LogP contribution is -2.26. The maximum atomic E-state index is 12.4. The van der Waals surface area contributed by atoms with Crippen LogP contribution in [0.25, 0.3) is 22.5 Å². The molecule has 2 heterocycles. The van der Waals surface area contributed by atoms with Crippen molar-refractivity contribution in [2.24, 2.45) is 7.05 Å². The van der Waals surface area contributed by atoms with Crippen LogP contribution in [0.5, 0.6) is 0 Å². The second-order valence-corrected chi connectivity index (χ2v) is 6.19. The first kappa shape index (κ1) is 18.8. The van der Waals surface area contributed by atoms with E-state index in [-0.39, 0.29) is 5.91 Å². The third-order valence-corrected chi connectivity index (χ3v) is 4.21. The number of amides is 1. The van der Waals surface area contributed by atoms with Gasteiger partial charge in [0.2, 0.25) is 0 Å². The number of aryl methyl sites for hydroxylation is 1. The molecule has 1 aromatic carbocycles. The highest BCUT2D eigenvalue weighted by Crippen LogP contribution is 2.22. The third-order valence-electron chi connectivity index (χ3n) is 4.21. The summed E-state index contributed by atoms with van der Waals surface area (Å²) in [5.74, 6) is 0.588. The van der Waals surface area contributed by atoms with Crippen LogP contribution in [-0.4, -0.2) is 40.2 Å². The van der Waals surface area contributed by atoms with E-state index in [4.69, 9.17) is 4.74 Å². The molecule has 0 aliphatic carbocycles. The van der Waals surface area contributed by atoms with Gasteiger partial charge in [0.15, 0.2) is 5.82 Å². The third kappa shape index (κ3) is 4.80. The molecule has 0 atom stereocenters. The molecule has 0 aliphatic heterocycles. The van der Waals surface area contributed by atoms with Gasteiger partial charge in [0, 0.05) is 62.1 Å². The molecule has 0 fully saturated rings. The van der Waals surface area contributed by atoms with Crippen LogP contribution in [0.3, 0.4) is 0 Å². The van der Waals surface area contributed by atoms with Gasteiger partial charge in [-0.3, -0.25) is 4.79 Å². The first-order valence-electron chi connectivity index (χ1n) is 9.09. The van der Waals surface area contributed by atoms with Crippen molar-refractivity contribution in [2.75, 3.05) is 19.8 Å². The zero-order valence-electron chi connectivity index (χ0n) is 15.7. The van der Waals surface area contributed by atoms with Crippen LogP contribution in [0.4, 0.5) is 0 Å². The Balaban J connectivity index is 1.68. The predicted octanol–water partition coefficient (Wildman–Crippen LogP) is 3.31. The molecule has 0 saturated heterocycles. The summed E-state index contributed by atoms with van der Waals surface area (Å²) < 4.78 is 7.10. The van der Waals surface area contributed by atoms with Crippen LogP contribution in [-0.2, 0) is 11.8 Å². The summed E-state index contributed by atoms with van der Waals surface area (Å²) in [5, 5.41) is 2.92. The molecule has 27 heavy (non-hydrogen) atoms. The molecule has 3 rings (SSSR count). The largest absolute Gasteiger partial charge is 0.382 e. The number of hydrogen-bond acceptors (Lipinski definition) is 4. The summed E-state index contributed by atoms with van der Waals surface area (Å²) in [4.78, 5) is 21.3. The summed E-state index contributed by atoms with van der Waals surface area (Å²) in [6.07, 6.45) is 6.28. The van der Waals surface area contributed by atoms with Gasteiger partial charge in [-0.2, -0.15) is 0 Å². The number of aromatic nitrogens is 3. The summed E-state index contributed by atoms with van der Waals surface area (Å²) >= 11 is 0. The fraction of sp³-hybridized carbons (Fsp3) is 0.286. The van der Waals surface area contributed by atoms with Gasteiger partial charge < -0.3 is 14.6 Å². The minimum Gasteiger partial charge on any atom is -0.382 e. The number of rotatable bonds is 8. The number of hydrogen-bond donors (Lipinski definition) is 1. The average Bonchev–Trinajstić information content (AvgIpc) is 3.10. The van der Waals surface area contributed by atoms with E-state index in [1.54, 1.807) is 12.4 Å². The lowest BCUT2D eigenvalue weighted by Gasteiger charge is -2.05. The van der Waals surface area contributed by atoms with Crippen LogP contribution in [0.2, 0.25) is 0 Å². The highest BCUT2D eigenvalue weighted by atomic mass is 16.5. The van der Waals surface area contributed by atoms with E-state index >= 15 is 0 Å². The molecule has 0 saturated carbocycles. The maximum absolute atomic E-state index is 12.4.